The molecule has 0 saturated heterocycles. The zero-order valence-corrected chi connectivity index (χ0v) is 8.03. The molecule has 8 heteroatoms. The van der Waals surface area contributed by atoms with Gasteiger partial charge in [0.15, 0.2) is 0 Å². The minimum atomic E-state index is -0.833. The van der Waals surface area contributed by atoms with E-state index < -0.39 is 6.03 Å². The highest BCUT2D eigenvalue weighted by Crippen LogP contribution is 1.92. The number of methoxy groups -OCH3 is 1. The van der Waals surface area contributed by atoms with Crippen molar-refractivity contribution in [3.05, 3.63) is 18.5 Å². The van der Waals surface area contributed by atoms with Gasteiger partial charge in [0.25, 0.3) is 6.47 Å². The summed E-state index contributed by atoms with van der Waals surface area (Å²) in [7, 11) is 1.54. The average molecular weight is 216 g/mol. The third-order valence-corrected chi connectivity index (χ3v) is 0.725. The molecule has 0 aliphatic rings. The van der Waals surface area contributed by atoms with Crippen LogP contribution in [0.2, 0.25) is 0 Å². The number of primary amides is 2. The molecule has 2 amide bonds. The number of rotatable bonds is 1. The van der Waals surface area contributed by atoms with Crippen molar-refractivity contribution in [1.29, 1.82) is 0 Å². The van der Waals surface area contributed by atoms with E-state index in [1.54, 1.807) is 18.5 Å². The molecule has 0 spiro atoms. The molecule has 8 nitrogen and oxygen atoms in total. The summed E-state index contributed by atoms with van der Waals surface area (Å²) < 4.78 is 4.69. The highest BCUT2D eigenvalue weighted by Gasteiger charge is 1.84. The third-order valence-electron chi connectivity index (χ3n) is 0.725. The largest absolute Gasteiger partial charge is 0.483 e. The molecular weight excluding hydrogens is 204 g/mol. The van der Waals surface area contributed by atoms with Gasteiger partial charge < -0.3 is 21.3 Å². The molecule has 0 bridgehead atoms. The second-order valence-corrected chi connectivity index (χ2v) is 1.74. The summed E-state index contributed by atoms with van der Waals surface area (Å²) in [6.45, 7) is -0.250. The van der Waals surface area contributed by atoms with Gasteiger partial charge >= 0.3 is 12.0 Å². The fourth-order valence-corrected chi connectivity index (χ4v) is 0.391. The van der Waals surface area contributed by atoms with Crippen LogP contribution in [0, 0.1) is 0 Å². The summed E-state index contributed by atoms with van der Waals surface area (Å²) in [4.78, 5) is 24.9. The topological polar surface area (TPSA) is 141 Å². The van der Waals surface area contributed by atoms with Gasteiger partial charge in [-0.15, -0.1) is 0 Å². The summed E-state index contributed by atoms with van der Waals surface area (Å²) in [5.41, 5.74) is 8.50. The number of nitrogens with two attached hydrogens (primary N) is 2. The number of carbonyl (C=O) groups excluding carboxylic acids is 1. The number of aromatic nitrogens is 2. The monoisotopic (exact) mass is 216 g/mol. The first kappa shape index (κ1) is 15.1. The van der Waals surface area contributed by atoms with Crippen LogP contribution in [0.15, 0.2) is 18.5 Å². The van der Waals surface area contributed by atoms with Crippen molar-refractivity contribution < 1.29 is 19.4 Å². The second kappa shape index (κ2) is 11.6. The van der Waals surface area contributed by atoms with Crippen molar-refractivity contribution in [3.63, 3.8) is 0 Å². The van der Waals surface area contributed by atoms with Gasteiger partial charge in [-0.2, -0.15) is 0 Å². The Balaban J connectivity index is 0. The fourth-order valence-electron chi connectivity index (χ4n) is 0.391. The van der Waals surface area contributed by atoms with Gasteiger partial charge in [-0.1, -0.05) is 0 Å². The Kier molecular flexibility index (Phi) is 11.7. The van der Waals surface area contributed by atoms with Gasteiger partial charge in [-0.25, -0.2) is 14.8 Å². The Morgan fingerprint density at radius 3 is 2.00 bits per heavy atom. The van der Waals surface area contributed by atoms with Gasteiger partial charge in [-0.05, 0) is 6.07 Å². The lowest BCUT2D eigenvalue weighted by molar-refractivity contribution is -0.122. The average Bonchev–Trinajstić information content (AvgIpc) is 2.19. The van der Waals surface area contributed by atoms with E-state index in [9.17, 15) is 0 Å². The summed E-state index contributed by atoms with van der Waals surface area (Å²) in [6, 6.07) is 1.32. The van der Waals surface area contributed by atoms with E-state index in [1.165, 1.54) is 7.11 Å². The highest BCUT2D eigenvalue weighted by molar-refractivity contribution is 5.69. The highest BCUT2D eigenvalue weighted by atomic mass is 16.5. The minimum absolute atomic E-state index is 0.250. The maximum Gasteiger partial charge on any atom is 0.315 e. The van der Waals surface area contributed by atoms with Gasteiger partial charge in [0.05, 0.1) is 7.11 Å². The molecule has 84 valence electrons. The van der Waals surface area contributed by atoms with Crippen LogP contribution in [0.25, 0.3) is 0 Å². The minimum Gasteiger partial charge on any atom is -0.483 e. The first-order valence-electron chi connectivity index (χ1n) is 3.52. The number of ether oxygens (including phenoxy) is 1. The lowest BCUT2D eigenvalue weighted by atomic mass is 10.7. The van der Waals surface area contributed by atoms with E-state index in [0.29, 0.717) is 6.01 Å². The van der Waals surface area contributed by atoms with Crippen LogP contribution >= 0.6 is 0 Å². The molecule has 0 atom stereocenters. The normalized spacial score (nSPS) is 7.00. The van der Waals surface area contributed by atoms with Gasteiger partial charge in [0.1, 0.15) is 0 Å². The van der Waals surface area contributed by atoms with Gasteiger partial charge in [0, 0.05) is 12.4 Å². The molecule has 1 aromatic rings. The van der Waals surface area contributed by atoms with Crippen LogP contribution in [-0.2, 0) is 4.79 Å². The Bertz CT molecular complexity index is 263. The van der Waals surface area contributed by atoms with Gasteiger partial charge in [-0.3, -0.25) is 4.79 Å². The number of amides is 2. The van der Waals surface area contributed by atoms with E-state index in [1.807, 2.05) is 0 Å². The standard InChI is InChI=1S/C5H6N2O.CH4N2O.CH2O2/c1-8-5-6-3-2-4-7-5;2-1(3)4;2-1-3/h2-4H,1H3;(H4,2,3,4);1H,(H,2,3). The first-order valence-corrected chi connectivity index (χ1v) is 3.52. The Morgan fingerprint density at radius 2 is 1.80 bits per heavy atom. The van der Waals surface area contributed by atoms with Crippen molar-refractivity contribution in [2.24, 2.45) is 11.5 Å². The third kappa shape index (κ3) is 18.5. The molecule has 0 aliphatic carbocycles. The lowest BCUT2D eigenvalue weighted by Gasteiger charge is -1.90. The lowest BCUT2D eigenvalue weighted by Crippen LogP contribution is -2.18. The van der Waals surface area contributed by atoms with Crippen molar-refractivity contribution in [2.75, 3.05) is 7.11 Å². The molecular formula is C7H12N4O4. The molecule has 1 aromatic heterocycles. The number of carboxylic acid groups (broad SMARTS) is 1. The van der Waals surface area contributed by atoms with E-state index in [-0.39, 0.29) is 6.47 Å². The number of hydrogen-bond acceptors (Lipinski definition) is 5. The maximum absolute atomic E-state index is 9.00. The molecule has 5 N–H and O–H groups in total. The summed E-state index contributed by atoms with van der Waals surface area (Å²) in [5.74, 6) is 0. The maximum atomic E-state index is 9.00. The number of urea groups is 1. The molecule has 0 saturated carbocycles. The zero-order chi connectivity index (χ0) is 12.1. The van der Waals surface area contributed by atoms with E-state index in [4.69, 9.17) is 19.4 Å². The van der Waals surface area contributed by atoms with Crippen LogP contribution < -0.4 is 16.2 Å². The SMILES string of the molecule is COc1ncccn1.NC(N)=O.O=CO. The quantitative estimate of drug-likeness (QED) is 0.525. The smallest absolute Gasteiger partial charge is 0.315 e. The first-order chi connectivity index (χ1) is 7.08. The summed E-state index contributed by atoms with van der Waals surface area (Å²) in [6.07, 6.45) is 3.26. The second-order valence-electron chi connectivity index (χ2n) is 1.74. The molecule has 0 fully saturated rings. The zero-order valence-electron chi connectivity index (χ0n) is 8.03. The van der Waals surface area contributed by atoms with Crippen molar-refractivity contribution >= 4 is 12.5 Å². The number of hydrogen-bond donors (Lipinski definition) is 3. The molecule has 1 rings (SSSR count). The van der Waals surface area contributed by atoms with E-state index in [2.05, 4.69) is 21.4 Å². The Morgan fingerprint density at radius 1 is 1.47 bits per heavy atom. The molecule has 0 radical (unpaired) electrons. The van der Waals surface area contributed by atoms with Crippen LogP contribution in [-0.4, -0.2) is 34.7 Å². The molecule has 0 unspecified atom stereocenters. The molecule has 0 aliphatic heterocycles. The van der Waals surface area contributed by atoms with Crippen molar-refractivity contribution in [2.45, 2.75) is 0 Å². The Labute approximate surface area is 85.9 Å². The fraction of sp³-hybridized carbons (Fsp3) is 0.143. The predicted molar refractivity (Wildman–Crippen MR) is 51.0 cm³/mol. The van der Waals surface area contributed by atoms with E-state index >= 15 is 0 Å². The van der Waals surface area contributed by atoms with Crippen molar-refractivity contribution in [1.82, 2.24) is 9.97 Å². The summed E-state index contributed by atoms with van der Waals surface area (Å²) >= 11 is 0. The van der Waals surface area contributed by atoms with Gasteiger partial charge in [0.2, 0.25) is 0 Å². The van der Waals surface area contributed by atoms with Crippen LogP contribution in [0.5, 0.6) is 6.01 Å². The predicted octanol–water partition coefficient (Wildman–Crippen LogP) is -0.790. The molecule has 15 heavy (non-hydrogen) atoms. The summed E-state index contributed by atoms with van der Waals surface area (Å²) in [5, 5.41) is 6.89. The Hall–Kier alpha value is -2.38. The van der Waals surface area contributed by atoms with Crippen LogP contribution in [0.3, 0.4) is 0 Å². The van der Waals surface area contributed by atoms with E-state index in [0.717, 1.165) is 0 Å². The molecule has 0 aromatic carbocycles. The number of nitrogens with zero attached hydrogens (tertiary/aromatic N) is 2. The molecule has 1 heterocycles. The number of carbonyl (C=O) groups is 2. The van der Waals surface area contributed by atoms with Crippen LogP contribution in [0.1, 0.15) is 0 Å². The van der Waals surface area contributed by atoms with Crippen molar-refractivity contribution in [3.8, 4) is 6.01 Å². The van der Waals surface area contributed by atoms with Crippen LogP contribution in [0.4, 0.5) is 4.79 Å².